The van der Waals surface area contributed by atoms with E-state index in [2.05, 4.69) is 44.5 Å². The fraction of sp³-hybridized carbons (Fsp3) is 0.500. The van der Waals surface area contributed by atoms with Crippen LogP contribution in [0.2, 0.25) is 0 Å². The Balaban J connectivity index is 1.75. The van der Waals surface area contributed by atoms with Crippen LogP contribution in [0.3, 0.4) is 0 Å². The summed E-state index contributed by atoms with van der Waals surface area (Å²) in [6, 6.07) is 6.27. The normalized spacial score (nSPS) is 23.1. The van der Waals surface area contributed by atoms with E-state index < -0.39 is 0 Å². The van der Waals surface area contributed by atoms with Crippen LogP contribution in [0.1, 0.15) is 31.0 Å². The van der Waals surface area contributed by atoms with E-state index in [9.17, 15) is 0 Å². The highest BCUT2D eigenvalue weighted by atomic mass is 15.2. The van der Waals surface area contributed by atoms with Crippen LogP contribution < -0.4 is 5.32 Å². The number of anilines is 1. The van der Waals surface area contributed by atoms with Crippen LogP contribution in [-0.4, -0.2) is 40.2 Å². The maximum absolute atomic E-state index is 4.39. The van der Waals surface area contributed by atoms with E-state index in [-0.39, 0.29) is 5.41 Å². The molecule has 5 heteroatoms. The highest BCUT2D eigenvalue weighted by molar-refractivity contribution is 5.42. The fourth-order valence-electron chi connectivity index (χ4n) is 3.32. The summed E-state index contributed by atoms with van der Waals surface area (Å²) in [6.45, 7) is 5.46. The second-order valence-corrected chi connectivity index (χ2v) is 6.11. The molecule has 0 aromatic carbocycles. The zero-order chi connectivity index (χ0) is 14.7. The van der Waals surface area contributed by atoms with Gasteiger partial charge >= 0.3 is 0 Å². The summed E-state index contributed by atoms with van der Waals surface area (Å²) >= 11 is 0. The zero-order valence-electron chi connectivity index (χ0n) is 12.8. The van der Waals surface area contributed by atoms with E-state index in [1.54, 1.807) is 0 Å². The smallest absolute Gasteiger partial charge is 0.130 e. The number of H-pyrrole nitrogens is 1. The molecule has 3 rings (SSSR count). The molecule has 21 heavy (non-hydrogen) atoms. The van der Waals surface area contributed by atoms with E-state index >= 15 is 0 Å². The van der Waals surface area contributed by atoms with Crippen molar-refractivity contribution in [1.82, 2.24) is 20.1 Å². The van der Waals surface area contributed by atoms with Crippen molar-refractivity contribution in [3.63, 3.8) is 0 Å². The van der Waals surface area contributed by atoms with Crippen molar-refractivity contribution in [3.05, 3.63) is 41.9 Å². The molecular weight excluding hydrogens is 262 g/mol. The van der Waals surface area contributed by atoms with Gasteiger partial charge in [-0.2, -0.15) is 5.10 Å². The van der Waals surface area contributed by atoms with Gasteiger partial charge < -0.3 is 5.32 Å². The van der Waals surface area contributed by atoms with Gasteiger partial charge in [-0.1, -0.05) is 13.0 Å². The van der Waals surface area contributed by atoms with Gasteiger partial charge in [-0.25, -0.2) is 4.98 Å². The summed E-state index contributed by atoms with van der Waals surface area (Å²) in [5.74, 6) is 0.978. The zero-order valence-corrected chi connectivity index (χ0v) is 12.8. The number of hydrogen-bond donors (Lipinski definition) is 2. The van der Waals surface area contributed by atoms with Crippen LogP contribution in [0, 0.1) is 0 Å². The van der Waals surface area contributed by atoms with Gasteiger partial charge in [-0.3, -0.25) is 10.00 Å². The summed E-state index contributed by atoms with van der Waals surface area (Å²) in [6.07, 6.45) is 6.10. The third-order valence-electron chi connectivity index (χ3n) is 4.45. The summed E-state index contributed by atoms with van der Waals surface area (Å²) in [5.41, 5.74) is 2.66. The number of nitrogens with zero attached hydrogens (tertiary/aromatic N) is 3. The molecule has 0 spiro atoms. The van der Waals surface area contributed by atoms with Crippen LogP contribution >= 0.6 is 0 Å². The van der Waals surface area contributed by atoms with Crippen molar-refractivity contribution in [2.45, 2.75) is 31.7 Å². The minimum absolute atomic E-state index is 0.163. The molecule has 2 aromatic rings. The molecule has 1 saturated heterocycles. The Bertz CT molecular complexity index is 580. The topological polar surface area (TPSA) is 56.8 Å². The first-order chi connectivity index (χ1) is 10.2. The minimum Gasteiger partial charge on any atom is -0.373 e. The lowest BCUT2D eigenvalue weighted by Gasteiger charge is -2.40. The second kappa shape index (κ2) is 5.85. The van der Waals surface area contributed by atoms with Gasteiger partial charge in [-0.15, -0.1) is 0 Å². The standard InChI is InChI=1S/C16H23N5/c1-16(14-6-9-19-20-14)7-4-10-21(12-16)11-13-5-3-8-18-15(13)17-2/h3,5-6,8-9H,4,7,10-12H2,1-2H3,(H,17,18)(H,19,20)/t16-/m0/s1. The SMILES string of the molecule is CNc1ncccc1CN1CCC[C@](C)(c2ccn[nH]2)C1. The van der Waals surface area contributed by atoms with E-state index in [0.717, 1.165) is 25.5 Å². The van der Waals surface area contributed by atoms with Gasteiger partial charge in [0.15, 0.2) is 0 Å². The van der Waals surface area contributed by atoms with E-state index in [4.69, 9.17) is 0 Å². The number of pyridine rings is 1. The number of nitrogens with one attached hydrogen (secondary N) is 2. The molecule has 0 bridgehead atoms. The van der Waals surface area contributed by atoms with Gasteiger partial charge in [0.25, 0.3) is 0 Å². The molecule has 1 fully saturated rings. The van der Waals surface area contributed by atoms with Crippen molar-refractivity contribution in [2.24, 2.45) is 0 Å². The van der Waals surface area contributed by atoms with E-state index in [1.807, 2.05) is 25.5 Å². The van der Waals surface area contributed by atoms with Crippen LogP contribution in [-0.2, 0) is 12.0 Å². The Morgan fingerprint density at radius 1 is 1.38 bits per heavy atom. The average Bonchev–Trinajstić information content (AvgIpc) is 3.03. The molecular formula is C16H23N5. The van der Waals surface area contributed by atoms with Crippen molar-refractivity contribution in [2.75, 3.05) is 25.5 Å². The number of aromatic amines is 1. The summed E-state index contributed by atoms with van der Waals surface area (Å²) in [7, 11) is 1.93. The molecule has 0 radical (unpaired) electrons. The van der Waals surface area contributed by atoms with Gasteiger partial charge in [-0.05, 0) is 31.5 Å². The molecule has 0 saturated carbocycles. The largest absolute Gasteiger partial charge is 0.373 e. The molecule has 5 nitrogen and oxygen atoms in total. The monoisotopic (exact) mass is 285 g/mol. The molecule has 0 unspecified atom stereocenters. The van der Waals surface area contributed by atoms with Crippen molar-refractivity contribution >= 4 is 5.82 Å². The maximum atomic E-state index is 4.39. The van der Waals surface area contributed by atoms with Crippen molar-refractivity contribution < 1.29 is 0 Å². The summed E-state index contributed by atoms with van der Waals surface area (Å²) in [5, 5.41) is 10.4. The first-order valence-electron chi connectivity index (χ1n) is 7.55. The van der Waals surface area contributed by atoms with Gasteiger partial charge in [0.05, 0.1) is 0 Å². The van der Waals surface area contributed by atoms with E-state index in [0.29, 0.717) is 0 Å². The summed E-state index contributed by atoms with van der Waals surface area (Å²) < 4.78 is 0. The predicted molar refractivity (Wildman–Crippen MR) is 84.2 cm³/mol. The van der Waals surface area contributed by atoms with Crippen LogP contribution in [0.5, 0.6) is 0 Å². The molecule has 1 aliphatic heterocycles. The number of rotatable bonds is 4. The lowest BCUT2D eigenvalue weighted by molar-refractivity contribution is 0.147. The first-order valence-corrected chi connectivity index (χ1v) is 7.55. The van der Waals surface area contributed by atoms with Crippen LogP contribution in [0.25, 0.3) is 0 Å². The Labute approximate surface area is 125 Å². The molecule has 1 aliphatic rings. The molecule has 3 heterocycles. The molecule has 0 amide bonds. The van der Waals surface area contributed by atoms with Crippen LogP contribution in [0.15, 0.2) is 30.6 Å². The Morgan fingerprint density at radius 2 is 2.29 bits per heavy atom. The third kappa shape index (κ3) is 2.93. The Morgan fingerprint density at radius 3 is 3.05 bits per heavy atom. The summed E-state index contributed by atoms with van der Waals surface area (Å²) in [4.78, 5) is 6.91. The first kappa shape index (κ1) is 14.1. The third-order valence-corrected chi connectivity index (χ3v) is 4.45. The van der Waals surface area contributed by atoms with Crippen molar-refractivity contribution in [3.8, 4) is 0 Å². The maximum Gasteiger partial charge on any atom is 0.130 e. The molecule has 1 atom stereocenters. The van der Waals surface area contributed by atoms with Gasteiger partial charge in [0.2, 0.25) is 0 Å². The molecule has 2 N–H and O–H groups in total. The lowest BCUT2D eigenvalue weighted by atomic mass is 9.79. The van der Waals surface area contributed by atoms with Gasteiger partial charge in [0.1, 0.15) is 5.82 Å². The number of likely N-dealkylation sites (tertiary alicyclic amines) is 1. The predicted octanol–water partition coefficient (Wildman–Crippen LogP) is 2.40. The second-order valence-electron chi connectivity index (χ2n) is 6.11. The van der Waals surface area contributed by atoms with Gasteiger partial charge in [0, 0.05) is 49.2 Å². The number of hydrogen-bond acceptors (Lipinski definition) is 4. The molecule has 112 valence electrons. The van der Waals surface area contributed by atoms with Crippen LogP contribution in [0.4, 0.5) is 5.82 Å². The van der Waals surface area contributed by atoms with E-state index in [1.165, 1.54) is 24.1 Å². The number of aromatic nitrogens is 3. The van der Waals surface area contributed by atoms with Crippen molar-refractivity contribution in [1.29, 1.82) is 0 Å². The Kier molecular flexibility index (Phi) is 3.92. The average molecular weight is 285 g/mol. The lowest BCUT2D eigenvalue weighted by Crippen LogP contribution is -2.44. The number of piperidine rings is 1. The quantitative estimate of drug-likeness (QED) is 0.905. The highest BCUT2D eigenvalue weighted by Crippen LogP contribution is 2.33. The minimum atomic E-state index is 0.163. The Hall–Kier alpha value is -1.88. The fourth-order valence-corrected chi connectivity index (χ4v) is 3.32. The highest BCUT2D eigenvalue weighted by Gasteiger charge is 2.33. The molecule has 2 aromatic heterocycles. The molecule has 0 aliphatic carbocycles.